The van der Waals surface area contributed by atoms with Crippen LogP contribution in [0.15, 0.2) is 40.5 Å². The minimum Gasteiger partial charge on any atom is -0.392 e. The lowest BCUT2D eigenvalue weighted by atomic mass is 10.1. The number of carbonyl (C=O) groups excluding carboxylic acids is 2. The molecule has 0 unspecified atom stereocenters. The van der Waals surface area contributed by atoms with Crippen LogP contribution in [0.5, 0.6) is 0 Å². The molecule has 0 spiro atoms. The first-order valence-corrected chi connectivity index (χ1v) is 13.7. The molecule has 1 aromatic carbocycles. The van der Waals surface area contributed by atoms with Gasteiger partial charge in [-0.05, 0) is 37.8 Å². The molecular formula is C22H26N4O6S2. The summed E-state index contributed by atoms with van der Waals surface area (Å²) in [5.41, 5.74) is 0.410. The number of morpholine rings is 1. The number of ether oxygens (including phenoxy) is 1. The molecule has 1 aliphatic carbocycles. The predicted octanol–water partition coefficient (Wildman–Crippen LogP) is 2.32. The van der Waals surface area contributed by atoms with Crippen molar-refractivity contribution in [1.29, 1.82) is 0 Å². The molecule has 182 valence electrons. The summed E-state index contributed by atoms with van der Waals surface area (Å²) < 4.78 is 28.8. The molecule has 0 bridgehead atoms. The molecule has 1 aliphatic heterocycles. The van der Waals surface area contributed by atoms with E-state index in [4.69, 9.17) is 9.57 Å². The summed E-state index contributed by atoms with van der Waals surface area (Å²) in [5.74, 6) is -0.721. The van der Waals surface area contributed by atoms with Crippen molar-refractivity contribution in [2.45, 2.75) is 36.7 Å². The zero-order valence-electron chi connectivity index (χ0n) is 18.7. The summed E-state index contributed by atoms with van der Waals surface area (Å²) in [6.45, 7) is 2.01. The van der Waals surface area contributed by atoms with Crippen molar-refractivity contribution < 1.29 is 27.6 Å². The first-order chi connectivity index (χ1) is 16.3. The Morgan fingerprint density at radius 3 is 2.50 bits per heavy atom. The average Bonchev–Trinajstić information content (AvgIpc) is 3.51. The molecule has 4 rings (SSSR count). The van der Waals surface area contributed by atoms with Crippen LogP contribution in [0.4, 0.5) is 5.13 Å². The van der Waals surface area contributed by atoms with E-state index >= 15 is 0 Å². The maximum absolute atomic E-state index is 13.1. The Morgan fingerprint density at radius 2 is 1.85 bits per heavy atom. The zero-order valence-corrected chi connectivity index (χ0v) is 20.4. The number of anilines is 1. The van der Waals surface area contributed by atoms with Crippen LogP contribution >= 0.6 is 11.3 Å². The maximum atomic E-state index is 13.1. The highest BCUT2D eigenvalue weighted by molar-refractivity contribution is 7.90. The van der Waals surface area contributed by atoms with Crippen LogP contribution < -0.4 is 5.32 Å². The van der Waals surface area contributed by atoms with Crippen LogP contribution in [0.1, 0.15) is 40.9 Å². The monoisotopic (exact) mass is 506 g/mol. The topological polar surface area (TPSA) is 127 Å². The van der Waals surface area contributed by atoms with E-state index in [9.17, 15) is 18.0 Å². The molecule has 0 radical (unpaired) electrons. The Hall–Kier alpha value is -2.83. The highest BCUT2D eigenvalue weighted by atomic mass is 32.2. The van der Waals surface area contributed by atoms with Crippen molar-refractivity contribution in [3.8, 4) is 0 Å². The van der Waals surface area contributed by atoms with Gasteiger partial charge in [0.25, 0.3) is 11.8 Å². The zero-order chi connectivity index (χ0) is 24.1. The van der Waals surface area contributed by atoms with Gasteiger partial charge < -0.3 is 14.5 Å². The van der Waals surface area contributed by atoms with Crippen molar-refractivity contribution in [2.24, 2.45) is 5.16 Å². The van der Waals surface area contributed by atoms with Crippen molar-refractivity contribution in [3.05, 3.63) is 40.9 Å². The molecule has 2 amide bonds. The minimum absolute atomic E-state index is 0.00297. The highest BCUT2D eigenvalue weighted by Gasteiger charge is 2.24. The van der Waals surface area contributed by atoms with E-state index in [0.29, 0.717) is 36.7 Å². The smallest absolute Gasteiger partial charge is 0.280 e. The van der Waals surface area contributed by atoms with Gasteiger partial charge in [-0.25, -0.2) is 13.4 Å². The standard InChI is InChI=1S/C22H26N4O6S2/c1-34(29,30)17-8-6-15(7-9-17)19(25-32-16-4-2-3-5-16)20(27)24-22-23-14-18(33-22)21(28)26-10-12-31-13-11-26/h6-9,14,16H,2-5,10-13H2,1H3,(H,23,24,27). The summed E-state index contributed by atoms with van der Waals surface area (Å²) in [6.07, 6.45) is 6.31. The van der Waals surface area contributed by atoms with Gasteiger partial charge in [0.15, 0.2) is 20.7 Å². The molecule has 12 heteroatoms. The molecule has 34 heavy (non-hydrogen) atoms. The van der Waals surface area contributed by atoms with E-state index in [1.165, 1.54) is 30.5 Å². The van der Waals surface area contributed by atoms with Gasteiger partial charge in [-0.3, -0.25) is 14.9 Å². The van der Waals surface area contributed by atoms with E-state index in [1.54, 1.807) is 4.90 Å². The number of nitrogens with zero attached hydrogens (tertiary/aromatic N) is 3. The summed E-state index contributed by atoms with van der Waals surface area (Å²) in [5, 5.41) is 7.06. The van der Waals surface area contributed by atoms with Crippen LogP contribution in [-0.2, 0) is 24.2 Å². The third-order valence-corrected chi connectivity index (χ3v) is 7.63. The summed E-state index contributed by atoms with van der Waals surface area (Å²) in [4.78, 5) is 37.8. The SMILES string of the molecule is CS(=O)(=O)c1ccc(C(=NOC2CCCC2)C(=O)Nc2ncc(C(=O)N3CCOCC3)s2)cc1. The molecule has 1 aromatic heterocycles. The van der Waals surface area contributed by atoms with Gasteiger partial charge in [0, 0.05) is 24.9 Å². The van der Waals surface area contributed by atoms with E-state index in [-0.39, 0.29) is 27.7 Å². The number of oxime groups is 1. The Kier molecular flexibility index (Phi) is 7.59. The van der Waals surface area contributed by atoms with Crippen molar-refractivity contribution in [3.63, 3.8) is 0 Å². The first-order valence-electron chi connectivity index (χ1n) is 11.0. The van der Waals surface area contributed by atoms with Gasteiger partial charge in [-0.2, -0.15) is 0 Å². The number of benzene rings is 1. The summed E-state index contributed by atoms with van der Waals surface area (Å²) >= 11 is 1.07. The fraction of sp³-hybridized carbons (Fsp3) is 0.455. The van der Waals surface area contributed by atoms with Crippen LogP contribution in [-0.4, -0.2) is 74.5 Å². The molecule has 0 atom stereocenters. The highest BCUT2D eigenvalue weighted by Crippen LogP contribution is 2.23. The second-order valence-corrected chi connectivity index (χ2v) is 11.2. The number of sulfone groups is 1. The van der Waals surface area contributed by atoms with Crippen LogP contribution in [0.3, 0.4) is 0 Å². The van der Waals surface area contributed by atoms with Crippen molar-refractivity contribution >= 4 is 43.8 Å². The van der Waals surface area contributed by atoms with Crippen molar-refractivity contribution in [2.75, 3.05) is 37.9 Å². The molecule has 1 N–H and O–H groups in total. The largest absolute Gasteiger partial charge is 0.392 e. The lowest BCUT2D eigenvalue weighted by molar-refractivity contribution is -0.110. The second-order valence-electron chi connectivity index (χ2n) is 8.14. The number of aromatic nitrogens is 1. The van der Waals surface area contributed by atoms with Crippen LogP contribution in [0, 0.1) is 0 Å². The molecule has 1 saturated carbocycles. The lowest BCUT2D eigenvalue weighted by Gasteiger charge is -2.26. The lowest BCUT2D eigenvalue weighted by Crippen LogP contribution is -2.40. The second kappa shape index (κ2) is 10.6. The van der Waals surface area contributed by atoms with E-state index in [0.717, 1.165) is 43.3 Å². The van der Waals surface area contributed by atoms with Crippen molar-refractivity contribution in [1.82, 2.24) is 9.88 Å². The fourth-order valence-electron chi connectivity index (χ4n) is 3.72. The van der Waals surface area contributed by atoms with Gasteiger partial charge in [0.2, 0.25) is 0 Å². The molecule has 1 saturated heterocycles. The third-order valence-electron chi connectivity index (χ3n) is 5.60. The summed E-state index contributed by atoms with van der Waals surface area (Å²) in [6, 6.07) is 5.88. The molecular weight excluding hydrogens is 480 g/mol. The maximum Gasteiger partial charge on any atom is 0.280 e. The Labute approximate surface area is 201 Å². The van der Waals surface area contributed by atoms with E-state index in [2.05, 4.69) is 15.5 Å². The van der Waals surface area contributed by atoms with Gasteiger partial charge in [0.05, 0.1) is 24.3 Å². The molecule has 2 heterocycles. The number of rotatable bonds is 7. The number of hydrogen-bond acceptors (Lipinski definition) is 9. The number of thiazole rings is 1. The Balaban J connectivity index is 1.51. The number of amides is 2. The minimum atomic E-state index is -3.38. The fourth-order valence-corrected chi connectivity index (χ4v) is 5.13. The quantitative estimate of drug-likeness (QED) is 0.451. The number of hydrogen-bond donors (Lipinski definition) is 1. The summed E-state index contributed by atoms with van der Waals surface area (Å²) in [7, 11) is -3.38. The number of nitrogens with one attached hydrogen (secondary N) is 1. The Bertz CT molecular complexity index is 1160. The normalized spacial score (nSPS) is 17.6. The third kappa shape index (κ3) is 5.99. The Morgan fingerprint density at radius 1 is 1.18 bits per heavy atom. The molecule has 2 aromatic rings. The molecule has 2 aliphatic rings. The van der Waals surface area contributed by atoms with E-state index < -0.39 is 15.7 Å². The van der Waals surface area contributed by atoms with Crippen LogP contribution in [0.2, 0.25) is 0 Å². The molecule has 2 fully saturated rings. The van der Waals surface area contributed by atoms with Gasteiger partial charge >= 0.3 is 0 Å². The van der Waals surface area contributed by atoms with E-state index in [1.807, 2.05) is 0 Å². The van der Waals surface area contributed by atoms with Gasteiger partial charge in [0.1, 0.15) is 11.0 Å². The average molecular weight is 507 g/mol. The van der Waals surface area contributed by atoms with Gasteiger partial charge in [-0.15, -0.1) is 0 Å². The first kappa shape index (κ1) is 24.3. The number of carbonyl (C=O) groups is 2. The predicted molar refractivity (Wildman–Crippen MR) is 127 cm³/mol. The van der Waals surface area contributed by atoms with Gasteiger partial charge in [-0.1, -0.05) is 28.6 Å². The van der Waals surface area contributed by atoms with Crippen LogP contribution in [0.25, 0.3) is 0 Å². The molecule has 10 nitrogen and oxygen atoms in total.